The van der Waals surface area contributed by atoms with E-state index in [-0.39, 0.29) is 5.91 Å². The van der Waals surface area contributed by atoms with Crippen molar-refractivity contribution < 1.29 is 4.79 Å². The molecule has 1 N–H and O–H groups in total. The third kappa shape index (κ3) is 3.66. The molecule has 0 fully saturated rings. The van der Waals surface area contributed by atoms with E-state index in [4.69, 9.17) is 5.10 Å². The number of likely N-dealkylation sites (N-methyl/N-ethyl adjacent to an activating group) is 1. The van der Waals surface area contributed by atoms with Crippen LogP contribution in [0.3, 0.4) is 0 Å². The van der Waals surface area contributed by atoms with Gasteiger partial charge in [-0.3, -0.25) is 9.78 Å². The first-order valence-corrected chi connectivity index (χ1v) is 11.7. The number of fused-ring (bicyclic) bond motifs is 2. The largest absolute Gasteiger partial charge is 0.316 e. The number of nitrogens with one attached hydrogen (secondary N) is 1. The third-order valence-electron chi connectivity index (χ3n) is 6.51. The predicted octanol–water partition coefficient (Wildman–Crippen LogP) is 5.63. The first kappa shape index (κ1) is 21.2. The van der Waals surface area contributed by atoms with Gasteiger partial charge in [-0.2, -0.15) is 9.78 Å². The molecular formula is C30H24N4O. The van der Waals surface area contributed by atoms with Crippen LogP contribution in [-0.2, 0) is 6.42 Å². The molecule has 5 aromatic rings. The molecule has 0 spiro atoms. The maximum Gasteiger partial charge on any atom is 0.279 e. The Bertz CT molecular complexity index is 1580. The van der Waals surface area contributed by atoms with Crippen LogP contribution in [0.15, 0.2) is 103 Å². The van der Waals surface area contributed by atoms with Crippen molar-refractivity contribution in [1.82, 2.24) is 20.1 Å². The van der Waals surface area contributed by atoms with E-state index in [1.807, 2.05) is 79.8 Å². The Hall–Kier alpha value is -4.35. The zero-order valence-corrected chi connectivity index (χ0v) is 19.4. The summed E-state index contributed by atoms with van der Waals surface area (Å²) in [5, 5.41) is 9.19. The number of nitrogens with zero attached hydrogens (tertiary/aromatic N) is 3. The molecule has 0 saturated heterocycles. The van der Waals surface area contributed by atoms with Gasteiger partial charge in [-0.25, -0.2) is 0 Å². The smallest absolute Gasteiger partial charge is 0.279 e. The molecule has 0 bridgehead atoms. The molecule has 2 aromatic heterocycles. The van der Waals surface area contributed by atoms with E-state index in [0.29, 0.717) is 18.5 Å². The Balaban J connectivity index is 1.57. The SMILES string of the molecule is CNCC1=C(c2ccc3ncccc3c2)C(=O)n2nc(-c3ccccc3)c(-c3ccccc3)c2C1. The van der Waals surface area contributed by atoms with Crippen molar-refractivity contribution in [2.45, 2.75) is 6.42 Å². The number of benzene rings is 3. The predicted molar refractivity (Wildman–Crippen MR) is 140 cm³/mol. The summed E-state index contributed by atoms with van der Waals surface area (Å²) in [5.41, 5.74) is 8.39. The molecule has 170 valence electrons. The Morgan fingerprint density at radius 2 is 1.60 bits per heavy atom. The molecular weight excluding hydrogens is 432 g/mol. The van der Waals surface area contributed by atoms with Gasteiger partial charge in [0.25, 0.3) is 5.91 Å². The first-order chi connectivity index (χ1) is 17.2. The average molecular weight is 457 g/mol. The van der Waals surface area contributed by atoms with E-state index >= 15 is 0 Å². The lowest BCUT2D eigenvalue weighted by molar-refractivity contribution is 0.0958. The van der Waals surface area contributed by atoms with Crippen LogP contribution in [0.1, 0.15) is 16.1 Å². The fourth-order valence-electron chi connectivity index (χ4n) is 4.96. The molecule has 0 atom stereocenters. The lowest BCUT2D eigenvalue weighted by Crippen LogP contribution is -2.27. The molecule has 5 heteroatoms. The van der Waals surface area contributed by atoms with Crippen molar-refractivity contribution in [3.8, 4) is 22.4 Å². The molecule has 1 aliphatic heterocycles. The highest BCUT2D eigenvalue weighted by molar-refractivity contribution is 6.23. The van der Waals surface area contributed by atoms with Crippen molar-refractivity contribution in [3.05, 3.63) is 114 Å². The van der Waals surface area contributed by atoms with Gasteiger partial charge in [0.1, 0.15) is 5.69 Å². The monoisotopic (exact) mass is 456 g/mol. The number of pyridine rings is 1. The minimum absolute atomic E-state index is 0.0981. The molecule has 0 unspecified atom stereocenters. The minimum Gasteiger partial charge on any atom is -0.316 e. The van der Waals surface area contributed by atoms with Gasteiger partial charge in [-0.1, -0.05) is 72.8 Å². The Morgan fingerprint density at radius 1 is 0.857 bits per heavy atom. The summed E-state index contributed by atoms with van der Waals surface area (Å²) in [6, 6.07) is 30.3. The van der Waals surface area contributed by atoms with E-state index < -0.39 is 0 Å². The number of carbonyl (C=O) groups is 1. The van der Waals surface area contributed by atoms with Crippen molar-refractivity contribution in [3.63, 3.8) is 0 Å². The maximum atomic E-state index is 14.1. The van der Waals surface area contributed by atoms with Crippen LogP contribution < -0.4 is 5.32 Å². The summed E-state index contributed by atoms with van der Waals surface area (Å²) in [5.74, 6) is -0.0981. The Labute approximate surface area is 203 Å². The lowest BCUT2D eigenvalue weighted by Gasteiger charge is -2.22. The van der Waals surface area contributed by atoms with Crippen LogP contribution in [0.25, 0.3) is 38.9 Å². The molecule has 0 radical (unpaired) electrons. The van der Waals surface area contributed by atoms with Gasteiger partial charge in [0.2, 0.25) is 0 Å². The Kier molecular flexibility index (Phi) is 5.32. The highest BCUT2D eigenvalue weighted by Crippen LogP contribution is 2.39. The number of carbonyl (C=O) groups excluding carboxylic acids is 1. The van der Waals surface area contributed by atoms with E-state index in [9.17, 15) is 4.79 Å². The van der Waals surface area contributed by atoms with Gasteiger partial charge < -0.3 is 5.32 Å². The second-order valence-corrected chi connectivity index (χ2v) is 8.72. The van der Waals surface area contributed by atoms with Crippen molar-refractivity contribution in [1.29, 1.82) is 0 Å². The number of rotatable bonds is 5. The molecule has 3 aromatic carbocycles. The summed E-state index contributed by atoms with van der Waals surface area (Å²) in [4.78, 5) is 18.5. The van der Waals surface area contributed by atoms with Gasteiger partial charge >= 0.3 is 0 Å². The molecule has 35 heavy (non-hydrogen) atoms. The summed E-state index contributed by atoms with van der Waals surface area (Å²) >= 11 is 0. The summed E-state index contributed by atoms with van der Waals surface area (Å²) in [7, 11) is 1.92. The Morgan fingerprint density at radius 3 is 2.34 bits per heavy atom. The van der Waals surface area contributed by atoms with Gasteiger partial charge in [-0.15, -0.1) is 0 Å². The van der Waals surface area contributed by atoms with Crippen LogP contribution >= 0.6 is 0 Å². The summed E-state index contributed by atoms with van der Waals surface area (Å²) in [6.45, 7) is 0.617. The zero-order chi connectivity index (χ0) is 23.8. The van der Waals surface area contributed by atoms with Gasteiger partial charge in [0, 0.05) is 41.2 Å². The van der Waals surface area contributed by atoms with E-state index in [2.05, 4.69) is 28.5 Å². The highest BCUT2D eigenvalue weighted by Gasteiger charge is 2.32. The fraction of sp³-hybridized carbons (Fsp3) is 0.100. The molecule has 6 rings (SSSR count). The van der Waals surface area contributed by atoms with Crippen LogP contribution in [0.5, 0.6) is 0 Å². The molecule has 0 saturated carbocycles. The van der Waals surface area contributed by atoms with Crippen LogP contribution in [0, 0.1) is 0 Å². The topological polar surface area (TPSA) is 59.8 Å². The maximum absolute atomic E-state index is 14.1. The number of allylic oxidation sites excluding steroid dienone is 1. The fourth-order valence-corrected chi connectivity index (χ4v) is 4.96. The lowest BCUT2D eigenvalue weighted by atomic mass is 9.89. The van der Waals surface area contributed by atoms with Crippen LogP contribution in [0.4, 0.5) is 0 Å². The molecule has 5 nitrogen and oxygen atoms in total. The third-order valence-corrected chi connectivity index (χ3v) is 6.51. The van der Waals surface area contributed by atoms with Crippen molar-refractivity contribution in [2.24, 2.45) is 0 Å². The minimum atomic E-state index is -0.0981. The molecule has 0 aliphatic carbocycles. The summed E-state index contributed by atoms with van der Waals surface area (Å²) in [6.07, 6.45) is 2.42. The van der Waals surface area contributed by atoms with Gasteiger partial charge in [0.05, 0.1) is 11.2 Å². The highest BCUT2D eigenvalue weighted by atomic mass is 16.2. The molecule has 1 aliphatic rings. The van der Waals surface area contributed by atoms with E-state index in [1.54, 1.807) is 10.9 Å². The number of hydrogen-bond acceptors (Lipinski definition) is 4. The first-order valence-electron chi connectivity index (χ1n) is 11.7. The van der Waals surface area contributed by atoms with Crippen LogP contribution in [-0.4, -0.2) is 34.3 Å². The van der Waals surface area contributed by atoms with Gasteiger partial charge in [-0.05, 0) is 41.9 Å². The second-order valence-electron chi connectivity index (χ2n) is 8.72. The quantitative estimate of drug-likeness (QED) is 0.372. The standard InChI is InChI=1S/C30H24N4O/c1-31-19-24-18-26-28(20-9-4-2-5-10-20)29(21-11-6-3-7-12-21)33-34(26)30(35)27(24)23-14-15-25-22(17-23)13-8-16-32-25/h2-17,31H,18-19H2,1H3. The van der Waals surface area contributed by atoms with Crippen molar-refractivity contribution >= 4 is 22.4 Å². The van der Waals surface area contributed by atoms with E-state index in [0.717, 1.165) is 50.1 Å². The van der Waals surface area contributed by atoms with E-state index in [1.165, 1.54) is 0 Å². The molecule has 0 amide bonds. The second kappa shape index (κ2) is 8.78. The summed E-state index contributed by atoms with van der Waals surface area (Å²) < 4.78 is 1.62. The average Bonchev–Trinajstić information content (AvgIpc) is 3.30. The molecule has 3 heterocycles. The van der Waals surface area contributed by atoms with Gasteiger partial charge in [0.15, 0.2) is 0 Å². The normalized spacial score (nSPS) is 13.3. The van der Waals surface area contributed by atoms with Crippen LogP contribution in [0.2, 0.25) is 0 Å². The zero-order valence-electron chi connectivity index (χ0n) is 19.4. The number of aromatic nitrogens is 3. The van der Waals surface area contributed by atoms with Crippen molar-refractivity contribution in [2.75, 3.05) is 13.6 Å². The number of hydrogen-bond donors (Lipinski definition) is 1.